The summed E-state index contributed by atoms with van der Waals surface area (Å²) in [5.41, 5.74) is 8.63. The zero-order valence-electron chi connectivity index (χ0n) is 12.0. The molecule has 1 amide bonds. The van der Waals surface area contributed by atoms with Gasteiger partial charge in [0.1, 0.15) is 0 Å². The van der Waals surface area contributed by atoms with Crippen molar-refractivity contribution in [1.82, 2.24) is 0 Å². The fourth-order valence-corrected chi connectivity index (χ4v) is 1.96. The summed E-state index contributed by atoms with van der Waals surface area (Å²) in [5, 5.41) is 2.89. The van der Waals surface area contributed by atoms with E-state index in [4.69, 9.17) is 5.73 Å². The topological polar surface area (TPSA) is 55.1 Å². The Hall–Kier alpha value is -2.57. The average Bonchev–Trinajstić information content (AvgIpc) is 2.54. The second-order valence-electron chi connectivity index (χ2n) is 4.56. The molecule has 0 heterocycles. The highest BCUT2D eigenvalue weighted by atomic mass is 16.1. The lowest BCUT2D eigenvalue weighted by Crippen LogP contribution is -2.13. The summed E-state index contributed by atoms with van der Waals surface area (Å²) >= 11 is 0. The molecule has 0 saturated carbocycles. The second kappa shape index (κ2) is 7.28. The molecular weight excluding hydrogens is 260 g/mol. The van der Waals surface area contributed by atoms with Gasteiger partial charge in [0.2, 0.25) is 0 Å². The molecule has 2 aromatic rings. The van der Waals surface area contributed by atoms with Gasteiger partial charge in [-0.1, -0.05) is 43.0 Å². The molecule has 2 aromatic carbocycles. The zero-order chi connectivity index (χ0) is 15.1. The number of benzene rings is 2. The highest BCUT2D eigenvalue weighted by Gasteiger charge is 2.09. The molecule has 0 fully saturated rings. The maximum atomic E-state index is 12.3. The Labute approximate surface area is 125 Å². The highest BCUT2D eigenvalue weighted by molar-refractivity contribution is 6.06. The van der Waals surface area contributed by atoms with Crippen LogP contribution in [-0.2, 0) is 6.42 Å². The van der Waals surface area contributed by atoms with Crippen molar-refractivity contribution >= 4 is 11.6 Å². The summed E-state index contributed by atoms with van der Waals surface area (Å²) in [6, 6.07) is 15.1. The van der Waals surface area contributed by atoms with Crippen LogP contribution in [0.4, 0.5) is 5.69 Å². The first-order chi connectivity index (χ1) is 10.2. The van der Waals surface area contributed by atoms with Crippen LogP contribution in [0.2, 0.25) is 0 Å². The number of amides is 1. The monoisotopic (exact) mass is 278 g/mol. The van der Waals surface area contributed by atoms with E-state index in [-0.39, 0.29) is 12.5 Å². The van der Waals surface area contributed by atoms with Gasteiger partial charge in [0.05, 0.1) is 12.1 Å². The smallest absolute Gasteiger partial charge is 0.256 e. The third-order valence-corrected chi connectivity index (χ3v) is 3.12. The van der Waals surface area contributed by atoms with E-state index in [1.54, 1.807) is 6.07 Å². The standard InChI is InChI=1S/C18H18N2O/c1-2-14-9-11-16(12-10-14)20-18(21)17-8-4-3-6-15(17)7-5-13-19/h3-4,6,8-12H,2,13,19H2,1H3,(H,20,21). The Morgan fingerprint density at radius 2 is 1.86 bits per heavy atom. The predicted octanol–water partition coefficient (Wildman–Crippen LogP) is 2.81. The first-order valence-electron chi connectivity index (χ1n) is 6.93. The van der Waals surface area contributed by atoms with Gasteiger partial charge in [-0.25, -0.2) is 0 Å². The van der Waals surface area contributed by atoms with Crippen LogP contribution in [0.15, 0.2) is 48.5 Å². The van der Waals surface area contributed by atoms with E-state index in [0.29, 0.717) is 11.1 Å². The van der Waals surface area contributed by atoms with Crippen molar-refractivity contribution in [2.45, 2.75) is 13.3 Å². The molecule has 0 atom stereocenters. The minimum atomic E-state index is -0.166. The minimum absolute atomic E-state index is 0.166. The van der Waals surface area contributed by atoms with Gasteiger partial charge in [-0.15, -0.1) is 0 Å². The van der Waals surface area contributed by atoms with Crippen molar-refractivity contribution in [3.63, 3.8) is 0 Å². The van der Waals surface area contributed by atoms with Crippen LogP contribution in [0.1, 0.15) is 28.4 Å². The van der Waals surface area contributed by atoms with Crippen molar-refractivity contribution in [1.29, 1.82) is 0 Å². The second-order valence-corrected chi connectivity index (χ2v) is 4.56. The number of rotatable bonds is 3. The summed E-state index contributed by atoms with van der Waals surface area (Å²) in [7, 11) is 0. The van der Waals surface area contributed by atoms with Gasteiger partial charge >= 0.3 is 0 Å². The third kappa shape index (κ3) is 3.95. The van der Waals surface area contributed by atoms with E-state index in [1.165, 1.54) is 5.56 Å². The minimum Gasteiger partial charge on any atom is -0.322 e. The number of carbonyl (C=O) groups excluding carboxylic acids is 1. The summed E-state index contributed by atoms with van der Waals surface area (Å²) < 4.78 is 0. The number of aryl methyl sites for hydroxylation is 1. The van der Waals surface area contributed by atoms with Crippen molar-refractivity contribution < 1.29 is 4.79 Å². The van der Waals surface area contributed by atoms with Crippen molar-refractivity contribution in [3.8, 4) is 11.8 Å². The summed E-state index contributed by atoms with van der Waals surface area (Å²) in [6.45, 7) is 2.37. The fourth-order valence-electron chi connectivity index (χ4n) is 1.96. The van der Waals surface area contributed by atoms with E-state index in [9.17, 15) is 4.79 Å². The molecule has 0 spiro atoms. The number of nitrogens with two attached hydrogens (primary N) is 1. The lowest BCUT2D eigenvalue weighted by Gasteiger charge is -2.07. The normalized spacial score (nSPS) is 9.62. The van der Waals surface area contributed by atoms with Gasteiger partial charge in [0.25, 0.3) is 5.91 Å². The van der Waals surface area contributed by atoms with Crippen LogP contribution in [0.25, 0.3) is 0 Å². The molecule has 0 radical (unpaired) electrons. The summed E-state index contributed by atoms with van der Waals surface area (Å²) in [6.07, 6.45) is 0.978. The first-order valence-corrected chi connectivity index (χ1v) is 6.93. The van der Waals surface area contributed by atoms with E-state index < -0.39 is 0 Å². The molecule has 0 aliphatic heterocycles. The van der Waals surface area contributed by atoms with Crippen LogP contribution < -0.4 is 11.1 Å². The quantitative estimate of drug-likeness (QED) is 0.848. The van der Waals surface area contributed by atoms with Gasteiger partial charge < -0.3 is 11.1 Å². The Balaban J connectivity index is 2.19. The lowest BCUT2D eigenvalue weighted by atomic mass is 10.1. The Bertz CT molecular complexity index is 678. The average molecular weight is 278 g/mol. The zero-order valence-corrected chi connectivity index (χ0v) is 12.0. The number of carbonyl (C=O) groups is 1. The van der Waals surface area contributed by atoms with Gasteiger partial charge in [-0.3, -0.25) is 4.79 Å². The van der Waals surface area contributed by atoms with Crippen molar-refractivity contribution in [2.75, 3.05) is 11.9 Å². The van der Waals surface area contributed by atoms with Crippen LogP contribution >= 0.6 is 0 Å². The van der Waals surface area contributed by atoms with Gasteiger partial charge in [0.15, 0.2) is 0 Å². The molecule has 21 heavy (non-hydrogen) atoms. The molecule has 0 saturated heterocycles. The SMILES string of the molecule is CCc1ccc(NC(=O)c2ccccc2C#CCN)cc1. The van der Waals surface area contributed by atoms with E-state index in [1.807, 2.05) is 42.5 Å². The molecule has 2 rings (SSSR count). The van der Waals surface area contributed by atoms with Crippen LogP contribution in [0, 0.1) is 11.8 Å². The predicted molar refractivity (Wildman–Crippen MR) is 86.1 cm³/mol. The number of nitrogens with one attached hydrogen (secondary N) is 1. The Morgan fingerprint density at radius 1 is 1.14 bits per heavy atom. The molecule has 0 bridgehead atoms. The van der Waals surface area contributed by atoms with E-state index in [0.717, 1.165) is 12.1 Å². The number of hydrogen-bond acceptors (Lipinski definition) is 2. The molecule has 106 valence electrons. The van der Waals surface area contributed by atoms with Crippen LogP contribution in [0.5, 0.6) is 0 Å². The van der Waals surface area contributed by atoms with Crippen molar-refractivity contribution in [3.05, 3.63) is 65.2 Å². The molecule has 0 aliphatic rings. The summed E-state index contributed by atoms with van der Waals surface area (Å²) in [5.74, 6) is 5.53. The first kappa shape index (κ1) is 14.8. The van der Waals surface area contributed by atoms with E-state index >= 15 is 0 Å². The maximum Gasteiger partial charge on any atom is 0.256 e. The van der Waals surface area contributed by atoms with Gasteiger partial charge in [0, 0.05) is 11.3 Å². The highest BCUT2D eigenvalue weighted by Crippen LogP contribution is 2.14. The van der Waals surface area contributed by atoms with Crippen molar-refractivity contribution in [2.24, 2.45) is 5.73 Å². The molecule has 3 nitrogen and oxygen atoms in total. The molecule has 0 aliphatic carbocycles. The van der Waals surface area contributed by atoms with Gasteiger partial charge in [-0.2, -0.15) is 0 Å². The Kier molecular flexibility index (Phi) is 5.14. The fraction of sp³-hybridized carbons (Fsp3) is 0.167. The molecule has 0 aromatic heterocycles. The molecule has 0 unspecified atom stereocenters. The Morgan fingerprint density at radius 3 is 2.52 bits per heavy atom. The number of hydrogen-bond donors (Lipinski definition) is 2. The number of anilines is 1. The van der Waals surface area contributed by atoms with Crippen LogP contribution in [0.3, 0.4) is 0 Å². The largest absolute Gasteiger partial charge is 0.322 e. The van der Waals surface area contributed by atoms with E-state index in [2.05, 4.69) is 24.1 Å². The third-order valence-electron chi connectivity index (χ3n) is 3.12. The van der Waals surface area contributed by atoms with Gasteiger partial charge in [-0.05, 0) is 36.2 Å². The van der Waals surface area contributed by atoms with Crippen LogP contribution in [-0.4, -0.2) is 12.5 Å². The lowest BCUT2D eigenvalue weighted by molar-refractivity contribution is 0.102. The summed E-state index contributed by atoms with van der Waals surface area (Å²) in [4.78, 5) is 12.3. The molecular formula is C18H18N2O. The maximum absolute atomic E-state index is 12.3. The molecule has 3 heteroatoms. The molecule has 3 N–H and O–H groups in total.